The van der Waals surface area contributed by atoms with E-state index in [9.17, 15) is 18.8 Å². The van der Waals surface area contributed by atoms with Crippen LogP contribution in [0.5, 0.6) is 0 Å². The molecule has 1 aliphatic heterocycles. The number of amides is 2. The van der Waals surface area contributed by atoms with Gasteiger partial charge >= 0.3 is 5.97 Å². The fourth-order valence-electron chi connectivity index (χ4n) is 3.77. The van der Waals surface area contributed by atoms with E-state index in [2.05, 4.69) is 21.2 Å². The molecule has 1 fully saturated rings. The van der Waals surface area contributed by atoms with Gasteiger partial charge in [-0.2, -0.15) is 0 Å². The quantitative estimate of drug-likeness (QED) is 0.287. The van der Waals surface area contributed by atoms with Gasteiger partial charge in [0.15, 0.2) is 5.11 Å². The average molecular weight is 542 g/mol. The third-order valence-electron chi connectivity index (χ3n) is 5.39. The van der Waals surface area contributed by atoms with Crippen LogP contribution >= 0.6 is 28.1 Å². The number of nitrogens with zero attached hydrogens (tertiary/aromatic N) is 2. The number of halogens is 2. The summed E-state index contributed by atoms with van der Waals surface area (Å²) in [6.07, 6.45) is 1.44. The van der Waals surface area contributed by atoms with Crippen LogP contribution in [0.4, 0.5) is 10.1 Å². The maximum Gasteiger partial charge on any atom is 0.335 e. The standard InChI is InChI=1S/C24H17BrFN3O4S/c1-12-9-15(13(2)28(12)20-8-5-16(25)11-19(20)26)10-18-21(30)27-24(34)29(22(18)31)17-6-3-14(4-7-17)23(32)33/h3-11H,1-2H3,(H,32,33)(H,27,30,34)/b18-10+. The van der Waals surface area contributed by atoms with Crippen molar-refractivity contribution in [3.8, 4) is 5.69 Å². The van der Waals surface area contributed by atoms with Crippen molar-refractivity contribution < 1.29 is 23.9 Å². The molecule has 0 spiro atoms. The first-order chi connectivity index (χ1) is 16.1. The third-order valence-corrected chi connectivity index (χ3v) is 6.17. The normalized spacial score (nSPS) is 15.1. The van der Waals surface area contributed by atoms with Crippen molar-refractivity contribution in [2.75, 3.05) is 4.90 Å². The summed E-state index contributed by atoms with van der Waals surface area (Å²) in [5.74, 6) is -2.85. The molecule has 0 unspecified atom stereocenters. The molecule has 2 amide bonds. The van der Waals surface area contributed by atoms with E-state index in [1.807, 2.05) is 0 Å². The molecular weight excluding hydrogens is 525 g/mol. The highest BCUT2D eigenvalue weighted by Gasteiger charge is 2.34. The van der Waals surface area contributed by atoms with E-state index >= 15 is 0 Å². The number of rotatable bonds is 4. The lowest BCUT2D eigenvalue weighted by atomic mass is 10.1. The number of aromatic carboxylic acids is 1. The van der Waals surface area contributed by atoms with Crippen molar-refractivity contribution in [3.63, 3.8) is 0 Å². The van der Waals surface area contributed by atoms with Gasteiger partial charge in [0.05, 0.1) is 16.9 Å². The lowest BCUT2D eigenvalue weighted by Crippen LogP contribution is -2.54. The zero-order valence-corrected chi connectivity index (χ0v) is 20.3. The number of anilines is 1. The Bertz CT molecular complexity index is 1410. The molecule has 1 aliphatic rings. The first kappa shape index (κ1) is 23.5. The molecule has 2 N–H and O–H groups in total. The van der Waals surface area contributed by atoms with Gasteiger partial charge in [0.2, 0.25) is 0 Å². The maximum absolute atomic E-state index is 14.6. The van der Waals surface area contributed by atoms with Crippen LogP contribution in [0.25, 0.3) is 11.8 Å². The van der Waals surface area contributed by atoms with Gasteiger partial charge in [-0.15, -0.1) is 0 Å². The lowest BCUT2D eigenvalue weighted by Gasteiger charge is -2.29. The molecule has 0 atom stereocenters. The molecule has 2 heterocycles. The number of aromatic nitrogens is 1. The highest BCUT2D eigenvalue weighted by Crippen LogP contribution is 2.28. The number of hydrogen-bond acceptors (Lipinski definition) is 4. The number of nitrogens with one attached hydrogen (secondary N) is 1. The summed E-state index contributed by atoms with van der Waals surface area (Å²) in [6.45, 7) is 3.56. The molecule has 0 aliphatic carbocycles. The largest absolute Gasteiger partial charge is 0.478 e. The van der Waals surface area contributed by atoms with Gasteiger partial charge in [-0.3, -0.25) is 19.8 Å². The first-order valence-corrected chi connectivity index (χ1v) is 11.2. The van der Waals surface area contributed by atoms with Crippen LogP contribution in [0.2, 0.25) is 0 Å². The fourth-order valence-corrected chi connectivity index (χ4v) is 4.38. The van der Waals surface area contributed by atoms with Gasteiger partial charge in [-0.05, 0) is 86.2 Å². The molecule has 1 aromatic heterocycles. The predicted octanol–water partition coefficient (Wildman–Crippen LogP) is 4.53. The van der Waals surface area contributed by atoms with Crippen molar-refractivity contribution in [1.29, 1.82) is 0 Å². The second kappa shape index (κ2) is 8.96. The summed E-state index contributed by atoms with van der Waals surface area (Å²) in [6, 6.07) is 12.0. The fraction of sp³-hybridized carbons (Fsp3) is 0.0833. The van der Waals surface area contributed by atoms with Gasteiger partial charge in [0.1, 0.15) is 11.4 Å². The minimum atomic E-state index is -1.11. The molecule has 0 bridgehead atoms. The second-order valence-corrected chi connectivity index (χ2v) is 8.87. The zero-order chi connectivity index (χ0) is 24.7. The molecule has 4 rings (SSSR count). The van der Waals surface area contributed by atoms with Gasteiger partial charge in [-0.25, -0.2) is 9.18 Å². The predicted molar refractivity (Wildman–Crippen MR) is 133 cm³/mol. The van der Waals surface area contributed by atoms with Crippen LogP contribution in [0.15, 0.2) is 58.6 Å². The van der Waals surface area contributed by atoms with Gasteiger partial charge in [0, 0.05) is 15.9 Å². The molecule has 3 aromatic rings. The maximum atomic E-state index is 14.6. The summed E-state index contributed by atoms with van der Waals surface area (Å²) < 4.78 is 16.9. The van der Waals surface area contributed by atoms with Crippen molar-refractivity contribution in [1.82, 2.24) is 9.88 Å². The monoisotopic (exact) mass is 541 g/mol. The number of carbonyl (C=O) groups is 3. The molecule has 7 nitrogen and oxygen atoms in total. The van der Waals surface area contributed by atoms with Crippen LogP contribution in [-0.4, -0.2) is 32.6 Å². The van der Waals surface area contributed by atoms with E-state index in [0.717, 1.165) is 4.90 Å². The molecule has 2 aromatic carbocycles. The van der Waals surface area contributed by atoms with Crippen LogP contribution in [0.3, 0.4) is 0 Å². The van der Waals surface area contributed by atoms with Crippen molar-refractivity contribution >= 4 is 62.8 Å². The van der Waals surface area contributed by atoms with Crippen LogP contribution in [0.1, 0.15) is 27.3 Å². The topological polar surface area (TPSA) is 91.6 Å². The summed E-state index contributed by atoms with van der Waals surface area (Å²) in [7, 11) is 0. The Morgan fingerprint density at radius 3 is 2.41 bits per heavy atom. The first-order valence-electron chi connectivity index (χ1n) is 9.97. The average Bonchev–Trinajstić information content (AvgIpc) is 3.04. The molecule has 172 valence electrons. The summed E-state index contributed by atoms with van der Waals surface area (Å²) in [5.41, 5.74) is 2.45. The Morgan fingerprint density at radius 1 is 1.12 bits per heavy atom. The SMILES string of the molecule is Cc1cc(/C=C2\C(=O)NC(=S)N(c3ccc(C(=O)O)cc3)C2=O)c(C)n1-c1ccc(Br)cc1F. The minimum absolute atomic E-state index is 0.0477. The van der Waals surface area contributed by atoms with E-state index in [0.29, 0.717) is 32.8 Å². The summed E-state index contributed by atoms with van der Waals surface area (Å²) in [5, 5.41) is 11.5. The Balaban J connectivity index is 1.75. The minimum Gasteiger partial charge on any atom is -0.478 e. The van der Waals surface area contributed by atoms with E-state index in [-0.39, 0.29) is 16.2 Å². The second-order valence-electron chi connectivity index (χ2n) is 7.57. The Labute approximate surface area is 207 Å². The molecule has 0 saturated carbocycles. The molecular formula is C24H17BrFN3O4S. The Kier molecular flexibility index (Phi) is 6.20. The highest BCUT2D eigenvalue weighted by molar-refractivity contribution is 9.10. The number of carbonyl (C=O) groups excluding carboxylic acids is 2. The van der Waals surface area contributed by atoms with Gasteiger partial charge in [-0.1, -0.05) is 15.9 Å². The highest BCUT2D eigenvalue weighted by atomic mass is 79.9. The summed E-state index contributed by atoms with van der Waals surface area (Å²) in [4.78, 5) is 38.1. The van der Waals surface area contributed by atoms with E-state index in [4.69, 9.17) is 17.3 Å². The lowest BCUT2D eigenvalue weighted by molar-refractivity contribution is -0.122. The molecule has 10 heteroatoms. The number of benzene rings is 2. The smallest absolute Gasteiger partial charge is 0.335 e. The zero-order valence-electron chi connectivity index (χ0n) is 17.9. The third kappa shape index (κ3) is 4.17. The number of aryl methyl sites for hydroxylation is 1. The molecule has 1 saturated heterocycles. The van der Waals surface area contributed by atoms with Crippen molar-refractivity contribution in [3.05, 3.63) is 86.9 Å². The Morgan fingerprint density at radius 2 is 1.79 bits per heavy atom. The van der Waals surface area contributed by atoms with Crippen LogP contribution in [0, 0.1) is 19.7 Å². The van der Waals surface area contributed by atoms with E-state index < -0.39 is 23.6 Å². The summed E-state index contributed by atoms with van der Waals surface area (Å²) >= 11 is 8.43. The van der Waals surface area contributed by atoms with Crippen LogP contribution < -0.4 is 10.2 Å². The molecule has 0 radical (unpaired) electrons. The Hall–Kier alpha value is -3.63. The molecule has 34 heavy (non-hydrogen) atoms. The van der Waals surface area contributed by atoms with Gasteiger partial charge < -0.3 is 9.67 Å². The number of carboxylic acid groups (broad SMARTS) is 1. The van der Waals surface area contributed by atoms with Crippen LogP contribution in [-0.2, 0) is 9.59 Å². The van der Waals surface area contributed by atoms with Crippen molar-refractivity contribution in [2.45, 2.75) is 13.8 Å². The van der Waals surface area contributed by atoms with Crippen molar-refractivity contribution in [2.24, 2.45) is 0 Å². The van der Waals surface area contributed by atoms with E-state index in [1.165, 1.54) is 36.4 Å². The van der Waals surface area contributed by atoms with E-state index in [1.54, 1.807) is 36.6 Å². The number of carboxylic acids is 1. The van der Waals surface area contributed by atoms with Gasteiger partial charge in [0.25, 0.3) is 11.8 Å². The number of hydrogen-bond donors (Lipinski definition) is 2. The number of thiocarbonyl (C=S) groups is 1.